The number of aromatic hydroxyl groups is 1. The quantitative estimate of drug-likeness (QED) is 0.729. The number of nitrogens with zero attached hydrogens (tertiary/aromatic N) is 2. The first-order chi connectivity index (χ1) is 6.49. The number of aryl methyl sites for hydroxylation is 1. The standard InChI is InChI=1S/C10H12N2O2/c1-6(2)12-9(13)4-7(3)8(5-11)10(12)14/h4,6,14H,1-3H3. The summed E-state index contributed by atoms with van der Waals surface area (Å²) in [5, 5.41) is 18.4. The van der Waals surface area contributed by atoms with Gasteiger partial charge in [-0.2, -0.15) is 5.26 Å². The molecule has 4 heteroatoms. The Bertz CT molecular complexity index is 452. The lowest BCUT2D eigenvalue weighted by atomic mass is 10.1. The van der Waals surface area contributed by atoms with Gasteiger partial charge in [0.15, 0.2) is 0 Å². The lowest BCUT2D eigenvalue weighted by Gasteiger charge is -2.13. The van der Waals surface area contributed by atoms with Gasteiger partial charge < -0.3 is 5.11 Å². The summed E-state index contributed by atoms with van der Waals surface area (Å²) in [6.45, 7) is 5.18. The fraction of sp³-hybridized carbons (Fsp3) is 0.400. The molecule has 0 aromatic carbocycles. The third-order valence-electron chi connectivity index (χ3n) is 2.05. The first-order valence-corrected chi connectivity index (χ1v) is 4.34. The van der Waals surface area contributed by atoms with Gasteiger partial charge in [0.25, 0.3) is 5.56 Å². The molecule has 4 nitrogen and oxygen atoms in total. The predicted octanol–water partition coefficient (Wildman–Crippen LogP) is 1.31. The minimum absolute atomic E-state index is 0.157. The van der Waals surface area contributed by atoms with Crippen LogP contribution < -0.4 is 5.56 Å². The SMILES string of the molecule is Cc1cc(=O)n(C(C)C)c(O)c1C#N. The highest BCUT2D eigenvalue weighted by atomic mass is 16.3. The molecule has 0 radical (unpaired) electrons. The van der Waals surface area contributed by atoms with Crippen molar-refractivity contribution in [1.82, 2.24) is 4.57 Å². The van der Waals surface area contributed by atoms with Crippen molar-refractivity contribution >= 4 is 0 Å². The summed E-state index contributed by atoms with van der Waals surface area (Å²) in [7, 11) is 0. The van der Waals surface area contributed by atoms with Crippen LogP contribution in [0.1, 0.15) is 31.0 Å². The van der Waals surface area contributed by atoms with E-state index in [1.807, 2.05) is 6.07 Å². The molecule has 0 fully saturated rings. The molecule has 1 rings (SSSR count). The zero-order valence-electron chi connectivity index (χ0n) is 8.40. The van der Waals surface area contributed by atoms with Crippen molar-refractivity contribution in [3.05, 3.63) is 27.5 Å². The van der Waals surface area contributed by atoms with E-state index in [1.54, 1.807) is 20.8 Å². The summed E-state index contributed by atoms with van der Waals surface area (Å²) >= 11 is 0. The molecule has 1 aromatic rings. The topological polar surface area (TPSA) is 66.0 Å². The van der Waals surface area contributed by atoms with Crippen molar-refractivity contribution in [2.75, 3.05) is 0 Å². The maximum atomic E-state index is 11.5. The van der Waals surface area contributed by atoms with Gasteiger partial charge in [-0.1, -0.05) is 0 Å². The maximum absolute atomic E-state index is 11.5. The highest BCUT2D eigenvalue weighted by Gasteiger charge is 2.13. The van der Waals surface area contributed by atoms with Crippen LogP contribution in [0.4, 0.5) is 0 Å². The van der Waals surface area contributed by atoms with Gasteiger partial charge in [0.05, 0.1) is 0 Å². The molecule has 0 spiro atoms. The molecule has 0 bridgehead atoms. The molecule has 74 valence electrons. The average Bonchev–Trinajstić information content (AvgIpc) is 2.02. The Balaban J connectivity index is 3.63. The Morgan fingerprint density at radius 1 is 1.57 bits per heavy atom. The van der Waals surface area contributed by atoms with E-state index in [4.69, 9.17) is 5.26 Å². The minimum Gasteiger partial charge on any atom is -0.493 e. The smallest absolute Gasteiger partial charge is 0.253 e. The van der Waals surface area contributed by atoms with E-state index < -0.39 is 0 Å². The summed E-state index contributed by atoms with van der Waals surface area (Å²) in [5.74, 6) is -0.243. The Hall–Kier alpha value is -1.76. The second-order valence-electron chi connectivity index (χ2n) is 3.44. The van der Waals surface area contributed by atoms with Crippen molar-refractivity contribution in [3.63, 3.8) is 0 Å². The van der Waals surface area contributed by atoms with Gasteiger partial charge in [0.2, 0.25) is 5.88 Å². The van der Waals surface area contributed by atoms with Crippen molar-refractivity contribution in [1.29, 1.82) is 5.26 Å². The Morgan fingerprint density at radius 3 is 2.57 bits per heavy atom. The Kier molecular flexibility index (Phi) is 2.61. The molecule has 1 N–H and O–H groups in total. The van der Waals surface area contributed by atoms with Crippen LogP contribution in [-0.4, -0.2) is 9.67 Å². The number of hydrogen-bond acceptors (Lipinski definition) is 3. The van der Waals surface area contributed by atoms with Crippen molar-refractivity contribution < 1.29 is 5.11 Å². The molecule has 0 aliphatic carbocycles. The molecular formula is C10H12N2O2. The van der Waals surface area contributed by atoms with Crippen LogP contribution >= 0.6 is 0 Å². The van der Waals surface area contributed by atoms with Crippen LogP contribution in [0.5, 0.6) is 5.88 Å². The van der Waals surface area contributed by atoms with E-state index in [2.05, 4.69) is 0 Å². The van der Waals surface area contributed by atoms with E-state index in [9.17, 15) is 9.90 Å². The van der Waals surface area contributed by atoms with Crippen molar-refractivity contribution in [2.45, 2.75) is 26.8 Å². The molecule has 0 amide bonds. The summed E-state index contributed by atoms with van der Waals surface area (Å²) in [5.41, 5.74) is 0.388. The van der Waals surface area contributed by atoms with Crippen LogP contribution in [0, 0.1) is 18.3 Å². The third-order valence-corrected chi connectivity index (χ3v) is 2.05. The Labute approximate surface area is 82.0 Å². The molecule has 0 saturated heterocycles. The molecule has 0 saturated carbocycles. The highest BCUT2D eigenvalue weighted by molar-refractivity contribution is 5.43. The first kappa shape index (κ1) is 10.3. The number of nitriles is 1. The Morgan fingerprint density at radius 2 is 2.14 bits per heavy atom. The predicted molar refractivity (Wildman–Crippen MR) is 52.2 cm³/mol. The van der Waals surface area contributed by atoms with Crippen molar-refractivity contribution in [2.24, 2.45) is 0 Å². The van der Waals surface area contributed by atoms with E-state index in [1.165, 1.54) is 10.6 Å². The monoisotopic (exact) mass is 192 g/mol. The zero-order valence-corrected chi connectivity index (χ0v) is 8.40. The third kappa shape index (κ3) is 1.49. The van der Waals surface area contributed by atoms with Crippen LogP contribution in [0.15, 0.2) is 10.9 Å². The van der Waals surface area contributed by atoms with Crippen LogP contribution in [0.25, 0.3) is 0 Å². The zero-order chi connectivity index (χ0) is 10.9. The highest BCUT2D eigenvalue weighted by Crippen LogP contribution is 2.20. The molecule has 14 heavy (non-hydrogen) atoms. The number of pyridine rings is 1. The summed E-state index contributed by atoms with van der Waals surface area (Å²) in [6.07, 6.45) is 0. The van der Waals surface area contributed by atoms with Crippen LogP contribution in [0.3, 0.4) is 0 Å². The lowest BCUT2D eigenvalue weighted by Crippen LogP contribution is -2.22. The summed E-state index contributed by atoms with van der Waals surface area (Å²) in [6, 6.07) is 3.08. The fourth-order valence-electron chi connectivity index (χ4n) is 1.37. The van der Waals surface area contributed by atoms with Crippen LogP contribution in [-0.2, 0) is 0 Å². The van der Waals surface area contributed by atoms with E-state index in [-0.39, 0.29) is 23.0 Å². The fourth-order valence-corrected chi connectivity index (χ4v) is 1.37. The van der Waals surface area contributed by atoms with E-state index in [0.29, 0.717) is 5.56 Å². The largest absolute Gasteiger partial charge is 0.493 e. The molecule has 0 unspecified atom stereocenters. The summed E-state index contributed by atoms with van der Waals surface area (Å²) < 4.78 is 1.20. The first-order valence-electron chi connectivity index (χ1n) is 4.34. The molecule has 0 aliphatic heterocycles. The molecule has 1 aromatic heterocycles. The van der Waals surface area contributed by atoms with Gasteiger partial charge in [-0.05, 0) is 26.3 Å². The normalized spacial score (nSPS) is 10.2. The number of hydrogen-bond donors (Lipinski definition) is 1. The van der Waals surface area contributed by atoms with Gasteiger partial charge in [-0.3, -0.25) is 9.36 Å². The van der Waals surface area contributed by atoms with Crippen LogP contribution in [0.2, 0.25) is 0 Å². The second-order valence-corrected chi connectivity index (χ2v) is 3.44. The maximum Gasteiger partial charge on any atom is 0.253 e. The molecule has 1 heterocycles. The second kappa shape index (κ2) is 3.54. The van der Waals surface area contributed by atoms with Gasteiger partial charge >= 0.3 is 0 Å². The van der Waals surface area contributed by atoms with Gasteiger partial charge in [-0.15, -0.1) is 0 Å². The number of rotatable bonds is 1. The number of aromatic nitrogens is 1. The van der Waals surface area contributed by atoms with Gasteiger partial charge in [0.1, 0.15) is 11.6 Å². The lowest BCUT2D eigenvalue weighted by molar-refractivity contribution is 0.386. The van der Waals surface area contributed by atoms with E-state index in [0.717, 1.165) is 0 Å². The van der Waals surface area contributed by atoms with Gasteiger partial charge in [0, 0.05) is 12.1 Å². The average molecular weight is 192 g/mol. The molecule has 0 aliphatic rings. The summed E-state index contributed by atoms with van der Waals surface area (Å²) in [4.78, 5) is 11.5. The molecule has 0 atom stereocenters. The van der Waals surface area contributed by atoms with Gasteiger partial charge in [-0.25, -0.2) is 0 Å². The van der Waals surface area contributed by atoms with Crippen molar-refractivity contribution in [3.8, 4) is 11.9 Å². The minimum atomic E-state index is -0.283. The van der Waals surface area contributed by atoms with E-state index >= 15 is 0 Å². The molecular weight excluding hydrogens is 180 g/mol.